The van der Waals surface area contributed by atoms with Crippen LogP contribution in [0.15, 0.2) is 30.5 Å². The number of carbonyl (C=O) groups excluding carboxylic acids is 1. The molecule has 0 spiro atoms. The third-order valence-electron chi connectivity index (χ3n) is 7.13. The second-order valence-corrected chi connectivity index (χ2v) is 9.31. The van der Waals surface area contributed by atoms with E-state index in [2.05, 4.69) is 66.2 Å². The monoisotopic (exact) mass is 412 g/mol. The van der Waals surface area contributed by atoms with E-state index in [1.807, 2.05) is 12.3 Å². The summed E-state index contributed by atoms with van der Waals surface area (Å²) in [5.74, 6) is 0.353. The molecule has 0 saturated carbocycles. The van der Waals surface area contributed by atoms with E-state index >= 15 is 0 Å². The van der Waals surface area contributed by atoms with E-state index in [1.54, 1.807) is 0 Å². The van der Waals surface area contributed by atoms with Crippen molar-refractivity contribution in [2.75, 3.05) is 40.3 Å². The number of para-hydroxylation sites is 1. The van der Waals surface area contributed by atoms with Gasteiger partial charge in [0.2, 0.25) is 5.91 Å². The number of hydrogen-bond donors (Lipinski definition) is 2. The molecule has 0 aliphatic carbocycles. The maximum absolute atomic E-state index is 12.5. The van der Waals surface area contributed by atoms with E-state index in [1.165, 1.54) is 43.1 Å². The zero-order valence-electron chi connectivity index (χ0n) is 19.3. The third kappa shape index (κ3) is 5.44. The van der Waals surface area contributed by atoms with Crippen LogP contribution >= 0.6 is 0 Å². The molecule has 166 valence electrons. The van der Waals surface area contributed by atoms with Gasteiger partial charge >= 0.3 is 0 Å². The van der Waals surface area contributed by atoms with Crippen molar-refractivity contribution in [3.05, 3.63) is 36.0 Å². The van der Waals surface area contributed by atoms with Gasteiger partial charge in [-0.3, -0.25) is 4.79 Å². The van der Waals surface area contributed by atoms with Crippen LogP contribution in [0.1, 0.15) is 63.9 Å². The molecule has 1 aliphatic heterocycles. The van der Waals surface area contributed by atoms with Gasteiger partial charge in [-0.1, -0.05) is 44.9 Å². The number of likely N-dealkylation sites (tertiary alicyclic amines) is 1. The Hall–Kier alpha value is -1.85. The fourth-order valence-electron chi connectivity index (χ4n) is 4.93. The van der Waals surface area contributed by atoms with Crippen LogP contribution in [0.3, 0.4) is 0 Å². The van der Waals surface area contributed by atoms with Crippen LogP contribution in [-0.2, 0) is 4.79 Å². The molecule has 1 fully saturated rings. The Morgan fingerprint density at radius 2 is 2.00 bits per heavy atom. The van der Waals surface area contributed by atoms with Crippen molar-refractivity contribution in [3.8, 4) is 0 Å². The van der Waals surface area contributed by atoms with Crippen LogP contribution in [0.2, 0.25) is 0 Å². The number of H-pyrrole nitrogens is 1. The van der Waals surface area contributed by atoms with E-state index in [-0.39, 0.29) is 11.8 Å². The van der Waals surface area contributed by atoms with Crippen molar-refractivity contribution < 1.29 is 4.79 Å². The summed E-state index contributed by atoms with van der Waals surface area (Å²) in [4.78, 5) is 20.8. The molecule has 1 aromatic heterocycles. The van der Waals surface area contributed by atoms with Crippen LogP contribution in [0.5, 0.6) is 0 Å². The van der Waals surface area contributed by atoms with Gasteiger partial charge in [0.25, 0.3) is 0 Å². The molecular weight excluding hydrogens is 372 g/mol. The van der Waals surface area contributed by atoms with Crippen molar-refractivity contribution in [1.29, 1.82) is 0 Å². The number of carbonyl (C=O) groups is 1. The molecule has 1 saturated heterocycles. The van der Waals surface area contributed by atoms with Gasteiger partial charge in [0.1, 0.15) is 0 Å². The number of fused-ring (bicyclic) bond motifs is 1. The molecule has 2 heterocycles. The first-order valence-electron chi connectivity index (χ1n) is 11.7. The molecule has 5 heteroatoms. The largest absolute Gasteiger partial charge is 0.361 e. The minimum Gasteiger partial charge on any atom is -0.361 e. The van der Waals surface area contributed by atoms with E-state index < -0.39 is 0 Å². The van der Waals surface area contributed by atoms with Gasteiger partial charge < -0.3 is 20.1 Å². The molecule has 1 aromatic carbocycles. The molecule has 5 nitrogen and oxygen atoms in total. The van der Waals surface area contributed by atoms with Crippen molar-refractivity contribution >= 4 is 16.8 Å². The summed E-state index contributed by atoms with van der Waals surface area (Å²) >= 11 is 0. The number of amides is 1. The topological polar surface area (TPSA) is 51.4 Å². The number of hydrogen-bond acceptors (Lipinski definition) is 3. The normalized spacial score (nSPS) is 18.0. The molecule has 2 aromatic rings. The van der Waals surface area contributed by atoms with Crippen molar-refractivity contribution in [2.45, 2.75) is 63.8 Å². The SMILES string of the molecule is CCCCC1(N(C)C)CCN(CCNC(=O)CC(C)c2c[nH]c3ccccc23)CC1. The van der Waals surface area contributed by atoms with Crippen LogP contribution in [0.4, 0.5) is 0 Å². The first kappa shape index (κ1) is 22.8. The maximum Gasteiger partial charge on any atom is 0.220 e. The van der Waals surface area contributed by atoms with Gasteiger partial charge in [-0.05, 0) is 64.0 Å². The van der Waals surface area contributed by atoms with Crippen LogP contribution in [0.25, 0.3) is 10.9 Å². The lowest BCUT2D eigenvalue weighted by Crippen LogP contribution is -2.53. The molecule has 1 aliphatic rings. The summed E-state index contributed by atoms with van der Waals surface area (Å²) < 4.78 is 0. The van der Waals surface area contributed by atoms with Crippen molar-refractivity contribution in [2.24, 2.45) is 0 Å². The van der Waals surface area contributed by atoms with Gasteiger partial charge in [-0.15, -0.1) is 0 Å². The predicted octanol–water partition coefficient (Wildman–Crippen LogP) is 4.36. The summed E-state index contributed by atoms with van der Waals surface area (Å²) in [5, 5.41) is 4.37. The summed E-state index contributed by atoms with van der Waals surface area (Å²) in [5.41, 5.74) is 2.73. The average molecular weight is 413 g/mol. The predicted molar refractivity (Wildman–Crippen MR) is 126 cm³/mol. The Balaban J connectivity index is 1.41. The zero-order valence-corrected chi connectivity index (χ0v) is 19.3. The Kier molecular flexibility index (Phi) is 7.95. The zero-order chi connectivity index (χ0) is 21.6. The van der Waals surface area contributed by atoms with Crippen LogP contribution in [0, 0.1) is 0 Å². The number of nitrogens with one attached hydrogen (secondary N) is 2. The highest BCUT2D eigenvalue weighted by Gasteiger charge is 2.35. The average Bonchev–Trinajstić information content (AvgIpc) is 3.17. The molecule has 3 rings (SSSR count). The fraction of sp³-hybridized carbons (Fsp3) is 0.640. The second-order valence-electron chi connectivity index (χ2n) is 9.31. The second kappa shape index (κ2) is 10.5. The number of aromatic amines is 1. The minimum atomic E-state index is 0.148. The number of rotatable bonds is 10. The number of unbranched alkanes of at least 4 members (excludes halogenated alkanes) is 1. The van der Waals surface area contributed by atoms with Gasteiger partial charge in [0.05, 0.1) is 0 Å². The Morgan fingerprint density at radius 3 is 2.70 bits per heavy atom. The summed E-state index contributed by atoms with van der Waals surface area (Å²) in [6.45, 7) is 8.36. The molecular formula is C25H40N4O. The number of piperidine rings is 1. The van der Waals surface area contributed by atoms with E-state index in [4.69, 9.17) is 0 Å². The molecule has 0 radical (unpaired) electrons. The molecule has 1 unspecified atom stereocenters. The minimum absolute atomic E-state index is 0.148. The van der Waals surface area contributed by atoms with E-state index in [0.29, 0.717) is 12.0 Å². The number of aromatic nitrogens is 1. The first-order chi connectivity index (χ1) is 14.4. The highest BCUT2D eigenvalue weighted by atomic mass is 16.1. The standard InChI is InChI=1S/C25H40N4O/c1-5-6-11-25(28(3)4)12-15-29(16-13-25)17-14-26-24(30)18-20(2)22-19-27-23-10-8-7-9-21(22)23/h7-10,19-20,27H,5-6,11-18H2,1-4H3,(H,26,30). The molecule has 2 N–H and O–H groups in total. The van der Waals surface area contributed by atoms with Crippen LogP contribution < -0.4 is 5.32 Å². The Labute approximate surface area is 182 Å². The fourth-order valence-corrected chi connectivity index (χ4v) is 4.93. The number of benzene rings is 1. The lowest BCUT2D eigenvalue weighted by atomic mass is 9.82. The Morgan fingerprint density at radius 1 is 1.27 bits per heavy atom. The van der Waals surface area contributed by atoms with E-state index in [0.717, 1.165) is 31.7 Å². The highest BCUT2D eigenvalue weighted by Crippen LogP contribution is 2.32. The quantitative estimate of drug-likeness (QED) is 0.609. The van der Waals surface area contributed by atoms with Gasteiger partial charge in [-0.2, -0.15) is 0 Å². The molecule has 1 atom stereocenters. The summed E-state index contributed by atoms with van der Waals surface area (Å²) in [6, 6.07) is 8.29. The van der Waals surface area contributed by atoms with Crippen molar-refractivity contribution in [1.82, 2.24) is 20.1 Å². The summed E-state index contributed by atoms with van der Waals surface area (Å²) in [6.07, 6.45) is 8.91. The Bertz CT molecular complexity index is 804. The molecule has 30 heavy (non-hydrogen) atoms. The lowest BCUT2D eigenvalue weighted by Gasteiger charge is -2.46. The number of nitrogens with zero attached hydrogens (tertiary/aromatic N) is 2. The molecule has 0 bridgehead atoms. The van der Waals surface area contributed by atoms with Gasteiger partial charge in [-0.25, -0.2) is 0 Å². The lowest BCUT2D eigenvalue weighted by molar-refractivity contribution is -0.121. The maximum atomic E-state index is 12.5. The van der Waals surface area contributed by atoms with Crippen LogP contribution in [-0.4, -0.2) is 66.5 Å². The van der Waals surface area contributed by atoms with Gasteiger partial charge in [0.15, 0.2) is 0 Å². The summed E-state index contributed by atoms with van der Waals surface area (Å²) in [7, 11) is 4.47. The first-order valence-corrected chi connectivity index (χ1v) is 11.7. The van der Waals surface area contributed by atoms with Gasteiger partial charge in [0, 0.05) is 42.1 Å². The van der Waals surface area contributed by atoms with Crippen molar-refractivity contribution in [3.63, 3.8) is 0 Å². The van der Waals surface area contributed by atoms with E-state index in [9.17, 15) is 4.79 Å². The molecule has 1 amide bonds. The highest BCUT2D eigenvalue weighted by molar-refractivity contribution is 5.85. The smallest absolute Gasteiger partial charge is 0.220 e. The third-order valence-corrected chi connectivity index (χ3v) is 7.13.